The summed E-state index contributed by atoms with van der Waals surface area (Å²) in [7, 11) is 0. The quantitative estimate of drug-likeness (QED) is 0.0299. The van der Waals surface area contributed by atoms with Gasteiger partial charge in [-0.3, -0.25) is 14.4 Å². The minimum absolute atomic E-state index is 0.0702. The number of rotatable bonds is 50. The minimum Gasteiger partial charge on any atom is -0.479 e. The largest absolute Gasteiger partial charge is 0.479 e. The summed E-state index contributed by atoms with van der Waals surface area (Å²) in [5.74, 6) is -3.07. The van der Waals surface area contributed by atoms with Crippen LogP contribution in [0.25, 0.3) is 0 Å². The molecule has 1 aliphatic heterocycles. The molecule has 12 heteroatoms. The number of esters is 3. The lowest BCUT2D eigenvalue weighted by Crippen LogP contribution is -2.61. The smallest absolute Gasteiger partial charge is 0.335 e. The predicted molar refractivity (Wildman–Crippen MR) is 276 cm³/mol. The number of carboxylic acid groups (broad SMARTS) is 1. The number of hydrogen-bond donors (Lipinski definition) is 3. The summed E-state index contributed by atoms with van der Waals surface area (Å²) < 4.78 is 28.4. The van der Waals surface area contributed by atoms with Crippen LogP contribution in [-0.4, -0.2) is 89.2 Å². The fourth-order valence-electron chi connectivity index (χ4n) is 9.19. The van der Waals surface area contributed by atoms with Crippen molar-refractivity contribution in [2.24, 2.45) is 0 Å². The van der Waals surface area contributed by atoms with Crippen molar-refractivity contribution < 1.29 is 58.2 Å². The molecule has 1 fully saturated rings. The van der Waals surface area contributed by atoms with Crippen molar-refractivity contribution in [3.8, 4) is 0 Å². The maximum absolute atomic E-state index is 13.1. The van der Waals surface area contributed by atoms with Crippen LogP contribution in [-0.2, 0) is 42.9 Å². The Labute approximate surface area is 421 Å². The van der Waals surface area contributed by atoms with E-state index in [1.807, 2.05) is 0 Å². The highest BCUT2D eigenvalue weighted by atomic mass is 16.7. The number of unbranched alkanes of at least 4 members (excludes halogenated alkanes) is 36. The van der Waals surface area contributed by atoms with E-state index in [0.29, 0.717) is 19.3 Å². The summed E-state index contributed by atoms with van der Waals surface area (Å²) in [6.07, 6.45) is 36.4. The average molecular weight is 983 g/mol. The molecule has 406 valence electrons. The first-order valence-corrected chi connectivity index (χ1v) is 29.0. The lowest BCUT2D eigenvalue weighted by Gasteiger charge is -2.40. The van der Waals surface area contributed by atoms with Gasteiger partial charge in [-0.15, -0.1) is 0 Å². The van der Waals surface area contributed by atoms with Gasteiger partial charge in [0.05, 0.1) is 6.61 Å². The molecule has 12 nitrogen and oxygen atoms in total. The Hall–Kier alpha value is -2.28. The summed E-state index contributed by atoms with van der Waals surface area (Å²) >= 11 is 0. The van der Waals surface area contributed by atoms with Gasteiger partial charge in [-0.25, -0.2) is 4.79 Å². The van der Waals surface area contributed by atoms with E-state index in [1.165, 1.54) is 173 Å². The fourth-order valence-corrected chi connectivity index (χ4v) is 9.19. The predicted octanol–water partition coefficient (Wildman–Crippen LogP) is 14.3. The maximum Gasteiger partial charge on any atom is 0.335 e. The van der Waals surface area contributed by atoms with Gasteiger partial charge in [-0.1, -0.05) is 252 Å². The minimum atomic E-state index is -1.89. The molecule has 6 unspecified atom stereocenters. The van der Waals surface area contributed by atoms with Crippen molar-refractivity contribution in [3.05, 3.63) is 0 Å². The number of carbonyl (C=O) groups is 4. The molecule has 1 heterocycles. The molecule has 0 radical (unpaired) electrons. The van der Waals surface area contributed by atoms with Gasteiger partial charge in [-0.05, 0) is 19.3 Å². The van der Waals surface area contributed by atoms with Crippen LogP contribution in [0.5, 0.6) is 0 Å². The first-order valence-electron chi connectivity index (χ1n) is 29.0. The number of carboxylic acids is 1. The molecule has 0 aromatic heterocycles. The van der Waals surface area contributed by atoms with Crippen LogP contribution in [0.15, 0.2) is 0 Å². The Balaban J connectivity index is 2.68. The molecule has 3 N–H and O–H groups in total. The van der Waals surface area contributed by atoms with E-state index in [9.17, 15) is 34.5 Å². The molecule has 0 spiro atoms. The molecule has 0 saturated carbocycles. The number of aliphatic hydroxyl groups excluding tert-OH is 2. The van der Waals surface area contributed by atoms with E-state index in [4.69, 9.17) is 23.7 Å². The summed E-state index contributed by atoms with van der Waals surface area (Å²) in [5, 5.41) is 31.4. The highest BCUT2D eigenvalue weighted by Crippen LogP contribution is 2.27. The van der Waals surface area contributed by atoms with Crippen LogP contribution < -0.4 is 0 Å². The van der Waals surface area contributed by atoms with Gasteiger partial charge < -0.3 is 39.0 Å². The SMILES string of the molecule is CCCCCCCCCCCCCCCC(=O)OCC(COC1OC(C(=O)O)C(O)C(O)C1OC(=O)CCCCCCCCCCCCCCC)OC(=O)CCCCCCCCCCCCCCC. The topological polar surface area (TPSA) is 175 Å². The Kier molecular flexibility index (Phi) is 43.9. The van der Waals surface area contributed by atoms with Gasteiger partial charge >= 0.3 is 23.9 Å². The third-order valence-electron chi connectivity index (χ3n) is 13.7. The number of ether oxygens (including phenoxy) is 5. The molecule has 0 amide bonds. The standard InChI is InChI=1S/C57H106O12/c1-4-7-10-13-16-19-22-25-28-31-34-37-40-43-49(58)65-46-48(67-50(59)44-41-38-35-32-29-26-23-20-17-14-11-8-5-2)47-66-57-55(53(62)52(61)54(69-57)56(63)64)68-51(60)45-42-39-36-33-30-27-24-21-18-15-12-9-6-3/h48,52-55,57,61-62H,4-47H2,1-3H3,(H,63,64). The Bertz CT molecular complexity index is 1210. The summed E-state index contributed by atoms with van der Waals surface area (Å²) in [6, 6.07) is 0. The van der Waals surface area contributed by atoms with Crippen LogP contribution in [0.2, 0.25) is 0 Å². The third kappa shape index (κ3) is 37.2. The second kappa shape index (κ2) is 46.8. The van der Waals surface area contributed by atoms with Crippen molar-refractivity contribution in [1.82, 2.24) is 0 Å². The molecule has 1 saturated heterocycles. The van der Waals surface area contributed by atoms with Crippen molar-refractivity contribution >= 4 is 23.9 Å². The van der Waals surface area contributed by atoms with Crippen LogP contribution in [0.4, 0.5) is 0 Å². The molecule has 0 aromatic carbocycles. The van der Waals surface area contributed by atoms with E-state index < -0.39 is 67.3 Å². The van der Waals surface area contributed by atoms with Crippen molar-refractivity contribution in [1.29, 1.82) is 0 Å². The second-order valence-corrected chi connectivity index (χ2v) is 20.3. The van der Waals surface area contributed by atoms with Gasteiger partial charge in [0.2, 0.25) is 0 Å². The highest BCUT2D eigenvalue weighted by molar-refractivity contribution is 5.74. The van der Waals surface area contributed by atoms with Crippen LogP contribution >= 0.6 is 0 Å². The van der Waals surface area contributed by atoms with Gasteiger partial charge in [-0.2, -0.15) is 0 Å². The van der Waals surface area contributed by atoms with Crippen LogP contribution in [0, 0.1) is 0 Å². The summed E-state index contributed by atoms with van der Waals surface area (Å²) in [5.41, 5.74) is 0. The zero-order valence-electron chi connectivity index (χ0n) is 44.6. The normalized spacial score (nSPS) is 18.5. The van der Waals surface area contributed by atoms with Gasteiger partial charge in [0.15, 0.2) is 24.6 Å². The van der Waals surface area contributed by atoms with Crippen molar-refractivity contribution in [3.63, 3.8) is 0 Å². The molecular formula is C57H106O12. The first-order chi connectivity index (χ1) is 33.6. The Morgan fingerprint density at radius 3 is 1.09 bits per heavy atom. The van der Waals surface area contributed by atoms with E-state index >= 15 is 0 Å². The number of aliphatic hydroxyl groups is 2. The van der Waals surface area contributed by atoms with Crippen LogP contribution in [0.1, 0.15) is 290 Å². The van der Waals surface area contributed by atoms with E-state index in [2.05, 4.69) is 20.8 Å². The lowest BCUT2D eigenvalue weighted by molar-refractivity contribution is -0.301. The van der Waals surface area contributed by atoms with E-state index in [1.54, 1.807) is 0 Å². The van der Waals surface area contributed by atoms with E-state index in [0.717, 1.165) is 57.8 Å². The molecule has 69 heavy (non-hydrogen) atoms. The average Bonchev–Trinajstić information content (AvgIpc) is 3.33. The molecule has 0 aromatic rings. The zero-order valence-corrected chi connectivity index (χ0v) is 44.6. The number of carbonyl (C=O) groups excluding carboxylic acids is 3. The van der Waals surface area contributed by atoms with Crippen molar-refractivity contribution in [2.75, 3.05) is 13.2 Å². The summed E-state index contributed by atoms with van der Waals surface area (Å²) in [6.45, 7) is 6.01. The number of aliphatic carboxylic acids is 1. The molecule has 6 atom stereocenters. The molecule has 0 bridgehead atoms. The Morgan fingerprint density at radius 2 is 0.739 bits per heavy atom. The zero-order chi connectivity index (χ0) is 50.4. The number of hydrogen-bond acceptors (Lipinski definition) is 11. The molecule has 0 aliphatic carbocycles. The molecular weight excluding hydrogens is 877 g/mol. The third-order valence-corrected chi connectivity index (χ3v) is 13.7. The highest BCUT2D eigenvalue weighted by Gasteiger charge is 2.50. The summed E-state index contributed by atoms with van der Waals surface area (Å²) in [4.78, 5) is 51.0. The molecule has 1 rings (SSSR count). The van der Waals surface area contributed by atoms with Gasteiger partial charge in [0.25, 0.3) is 0 Å². The maximum atomic E-state index is 13.1. The Morgan fingerprint density at radius 1 is 0.420 bits per heavy atom. The lowest BCUT2D eigenvalue weighted by atomic mass is 9.98. The van der Waals surface area contributed by atoms with Gasteiger partial charge in [0, 0.05) is 19.3 Å². The monoisotopic (exact) mass is 983 g/mol. The fraction of sp³-hybridized carbons (Fsp3) is 0.930. The molecule has 1 aliphatic rings. The van der Waals surface area contributed by atoms with Crippen molar-refractivity contribution in [2.45, 2.75) is 327 Å². The van der Waals surface area contributed by atoms with Crippen LogP contribution in [0.3, 0.4) is 0 Å². The first kappa shape index (κ1) is 64.7. The second-order valence-electron chi connectivity index (χ2n) is 20.3. The van der Waals surface area contributed by atoms with Gasteiger partial charge in [0.1, 0.15) is 18.8 Å². The van der Waals surface area contributed by atoms with E-state index in [-0.39, 0.29) is 25.9 Å².